The average molecular weight is 290 g/mol. The van der Waals surface area contributed by atoms with Gasteiger partial charge in [-0.2, -0.15) is 0 Å². The normalized spacial score (nSPS) is 10.2. The van der Waals surface area contributed by atoms with Gasteiger partial charge in [0.05, 0.1) is 16.6 Å². The molecule has 2 aromatic rings. The van der Waals surface area contributed by atoms with Crippen LogP contribution in [0.2, 0.25) is 0 Å². The summed E-state index contributed by atoms with van der Waals surface area (Å²) in [7, 11) is 1.44. The predicted molar refractivity (Wildman–Crippen MR) is 73.9 cm³/mol. The van der Waals surface area contributed by atoms with E-state index in [4.69, 9.17) is 0 Å². The number of phenols is 1. The monoisotopic (exact) mass is 290 g/mol. The molecule has 1 N–H and O–H groups in total. The summed E-state index contributed by atoms with van der Waals surface area (Å²) in [4.78, 5) is 23.2. The van der Waals surface area contributed by atoms with Gasteiger partial charge in [0.25, 0.3) is 11.6 Å². The number of benzene rings is 2. The third-order valence-corrected chi connectivity index (χ3v) is 2.94. The SMILES string of the molecule is CN(C(=O)c1ccc([N+](=O)[O-])cc1F)c1ccc(O)cc1. The Morgan fingerprint density at radius 3 is 2.38 bits per heavy atom. The molecule has 0 aromatic heterocycles. The fraction of sp³-hybridized carbons (Fsp3) is 0.0714. The zero-order valence-corrected chi connectivity index (χ0v) is 11.0. The van der Waals surface area contributed by atoms with E-state index in [9.17, 15) is 24.4 Å². The lowest BCUT2D eigenvalue weighted by molar-refractivity contribution is -0.385. The third kappa shape index (κ3) is 2.97. The maximum Gasteiger partial charge on any atom is 0.272 e. The van der Waals surface area contributed by atoms with Gasteiger partial charge in [0.1, 0.15) is 11.6 Å². The van der Waals surface area contributed by atoms with Gasteiger partial charge in [-0.05, 0) is 30.3 Å². The molecule has 0 aliphatic carbocycles. The molecule has 0 saturated heterocycles. The van der Waals surface area contributed by atoms with Crippen LogP contribution in [0.3, 0.4) is 0 Å². The van der Waals surface area contributed by atoms with E-state index in [-0.39, 0.29) is 11.3 Å². The molecule has 0 fully saturated rings. The molecule has 0 spiro atoms. The molecule has 2 aromatic carbocycles. The van der Waals surface area contributed by atoms with Crippen molar-refractivity contribution in [2.24, 2.45) is 0 Å². The van der Waals surface area contributed by atoms with Crippen molar-refractivity contribution in [3.05, 3.63) is 64.0 Å². The summed E-state index contributed by atoms with van der Waals surface area (Å²) < 4.78 is 13.8. The molecule has 0 bridgehead atoms. The van der Waals surface area contributed by atoms with Gasteiger partial charge in [0.2, 0.25) is 0 Å². The lowest BCUT2D eigenvalue weighted by Gasteiger charge is -2.17. The van der Waals surface area contributed by atoms with Gasteiger partial charge in [-0.25, -0.2) is 4.39 Å². The van der Waals surface area contributed by atoms with Crippen molar-refractivity contribution in [3.8, 4) is 5.75 Å². The fourth-order valence-electron chi connectivity index (χ4n) is 1.77. The Labute approximate surface area is 119 Å². The molecule has 0 saturated carbocycles. The number of phenolic OH excluding ortho intramolecular Hbond substituents is 1. The second-order valence-corrected chi connectivity index (χ2v) is 4.30. The van der Waals surface area contributed by atoms with Gasteiger partial charge in [-0.15, -0.1) is 0 Å². The summed E-state index contributed by atoms with van der Waals surface area (Å²) in [5, 5.41) is 19.7. The van der Waals surface area contributed by atoms with E-state index >= 15 is 0 Å². The number of carbonyl (C=O) groups excluding carboxylic acids is 1. The van der Waals surface area contributed by atoms with E-state index in [0.29, 0.717) is 11.8 Å². The molecule has 21 heavy (non-hydrogen) atoms. The van der Waals surface area contributed by atoms with Crippen molar-refractivity contribution in [3.63, 3.8) is 0 Å². The molecule has 7 heteroatoms. The maximum absolute atomic E-state index is 13.8. The Kier molecular flexibility index (Phi) is 3.84. The number of halogens is 1. The highest BCUT2D eigenvalue weighted by atomic mass is 19.1. The molecule has 6 nitrogen and oxygen atoms in total. The van der Waals surface area contributed by atoms with E-state index in [0.717, 1.165) is 12.1 Å². The molecule has 108 valence electrons. The number of hydrogen-bond donors (Lipinski definition) is 1. The molecule has 1 amide bonds. The second-order valence-electron chi connectivity index (χ2n) is 4.30. The summed E-state index contributed by atoms with van der Waals surface area (Å²) >= 11 is 0. The average Bonchev–Trinajstić information content (AvgIpc) is 2.46. The van der Waals surface area contributed by atoms with Crippen LogP contribution in [-0.4, -0.2) is 23.0 Å². The van der Waals surface area contributed by atoms with Crippen LogP contribution in [0.25, 0.3) is 0 Å². The van der Waals surface area contributed by atoms with Crippen LogP contribution in [0.4, 0.5) is 15.8 Å². The summed E-state index contributed by atoms with van der Waals surface area (Å²) in [6, 6.07) is 8.63. The molecule has 0 unspecified atom stereocenters. The Hall–Kier alpha value is -2.96. The van der Waals surface area contributed by atoms with Crippen LogP contribution in [0, 0.1) is 15.9 Å². The van der Waals surface area contributed by atoms with Gasteiger partial charge in [-0.3, -0.25) is 14.9 Å². The van der Waals surface area contributed by atoms with E-state index in [1.54, 1.807) is 0 Å². The summed E-state index contributed by atoms with van der Waals surface area (Å²) in [6.45, 7) is 0. The highest BCUT2D eigenvalue weighted by Crippen LogP contribution is 2.22. The molecule has 0 atom stereocenters. The van der Waals surface area contributed by atoms with Gasteiger partial charge in [0.15, 0.2) is 0 Å². The number of anilines is 1. The van der Waals surface area contributed by atoms with Crippen LogP contribution in [0.1, 0.15) is 10.4 Å². The zero-order chi connectivity index (χ0) is 15.6. The van der Waals surface area contributed by atoms with E-state index < -0.39 is 22.3 Å². The van der Waals surface area contributed by atoms with Crippen LogP contribution in [0.5, 0.6) is 5.75 Å². The van der Waals surface area contributed by atoms with Crippen LogP contribution < -0.4 is 4.90 Å². The molecule has 0 heterocycles. The molecular weight excluding hydrogens is 279 g/mol. The number of rotatable bonds is 3. The molecule has 0 aliphatic heterocycles. The van der Waals surface area contributed by atoms with Crippen molar-refractivity contribution in [1.29, 1.82) is 0 Å². The van der Waals surface area contributed by atoms with E-state index in [2.05, 4.69) is 0 Å². The predicted octanol–water partition coefficient (Wildman–Crippen LogP) is 2.72. The molecule has 0 aliphatic rings. The standard InChI is InChI=1S/C14H11FN2O4/c1-16(9-2-5-11(18)6-3-9)14(19)12-7-4-10(17(20)21)8-13(12)15/h2-8,18H,1H3. The summed E-state index contributed by atoms with van der Waals surface area (Å²) in [6.07, 6.45) is 0. The summed E-state index contributed by atoms with van der Waals surface area (Å²) in [5.41, 5.74) is -0.233. The number of hydrogen-bond acceptors (Lipinski definition) is 4. The fourth-order valence-corrected chi connectivity index (χ4v) is 1.77. The number of nitrogens with zero attached hydrogens (tertiary/aromatic N) is 2. The number of aromatic hydroxyl groups is 1. The minimum absolute atomic E-state index is 0.0427. The Morgan fingerprint density at radius 1 is 1.24 bits per heavy atom. The topological polar surface area (TPSA) is 83.7 Å². The number of nitro groups is 1. The highest BCUT2D eigenvalue weighted by molar-refractivity contribution is 6.06. The van der Waals surface area contributed by atoms with Gasteiger partial charge >= 0.3 is 0 Å². The van der Waals surface area contributed by atoms with Crippen molar-refractivity contribution in [1.82, 2.24) is 0 Å². The van der Waals surface area contributed by atoms with Crippen molar-refractivity contribution >= 4 is 17.3 Å². The van der Waals surface area contributed by atoms with Crippen LogP contribution >= 0.6 is 0 Å². The Morgan fingerprint density at radius 2 is 1.86 bits per heavy atom. The van der Waals surface area contributed by atoms with Gasteiger partial charge in [-0.1, -0.05) is 0 Å². The Bertz CT molecular complexity index is 701. The zero-order valence-electron chi connectivity index (χ0n) is 11.0. The summed E-state index contributed by atoms with van der Waals surface area (Å²) in [5.74, 6) is -1.56. The highest BCUT2D eigenvalue weighted by Gasteiger charge is 2.20. The number of non-ortho nitro benzene ring substituents is 1. The largest absolute Gasteiger partial charge is 0.508 e. The molecular formula is C14H11FN2O4. The second kappa shape index (κ2) is 5.58. The van der Waals surface area contributed by atoms with Crippen LogP contribution in [-0.2, 0) is 0 Å². The molecule has 2 rings (SSSR count). The first-order valence-corrected chi connectivity index (χ1v) is 5.91. The number of nitro benzene ring substituents is 1. The van der Waals surface area contributed by atoms with Crippen molar-refractivity contribution in [2.45, 2.75) is 0 Å². The van der Waals surface area contributed by atoms with E-state index in [1.165, 1.54) is 36.2 Å². The molecule has 0 radical (unpaired) electrons. The maximum atomic E-state index is 13.8. The van der Waals surface area contributed by atoms with Gasteiger partial charge in [0, 0.05) is 18.8 Å². The Balaban J connectivity index is 2.31. The lowest BCUT2D eigenvalue weighted by atomic mass is 10.1. The third-order valence-electron chi connectivity index (χ3n) is 2.94. The first-order valence-electron chi connectivity index (χ1n) is 5.91. The number of amides is 1. The minimum Gasteiger partial charge on any atom is -0.508 e. The van der Waals surface area contributed by atoms with Crippen LogP contribution in [0.15, 0.2) is 42.5 Å². The van der Waals surface area contributed by atoms with Crippen molar-refractivity contribution < 1.29 is 19.2 Å². The lowest BCUT2D eigenvalue weighted by Crippen LogP contribution is -2.27. The van der Waals surface area contributed by atoms with E-state index in [1.807, 2.05) is 0 Å². The van der Waals surface area contributed by atoms with Crippen molar-refractivity contribution in [2.75, 3.05) is 11.9 Å². The first kappa shape index (κ1) is 14.4. The first-order chi connectivity index (χ1) is 9.90. The van der Waals surface area contributed by atoms with Gasteiger partial charge < -0.3 is 10.0 Å². The number of carbonyl (C=O) groups is 1. The quantitative estimate of drug-likeness (QED) is 0.695. The minimum atomic E-state index is -0.958. The smallest absolute Gasteiger partial charge is 0.272 e.